The Morgan fingerprint density at radius 3 is 2.35 bits per heavy atom. The number of halogens is 1. The van der Waals surface area contributed by atoms with Gasteiger partial charge in [0.2, 0.25) is 0 Å². The molecule has 1 saturated heterocycles. The molecule has 0 saturated carbocycles. The lowest BCUT2D eigenvalue weighted by Gasteiger charge is -2.12. The SMILES string of the molecule is O=C(ON1C(=O)CCC1=O)c1ccccc1[18F]. The molecule has 17 heavy (non-hydrogen) atoms. The third kappa shape index (κ3) is 2.15. The van der Waals surface area contributed by atoms with Gasteiger partial charge >= 0.3 is 5.97 Å². The summed E-state index contributed by atoms with van der Waals surface area (Å²) < 4.78 is 13.2. The van der Waals surface area contributed by atoms with Gasteiger partial charge < -0.3 is 4.84 Å². The summed E-state index contributed by atoms with van der Waals surface area (Å²) in [5.74, 6) is -3.03. The third-order valence-corrected chi connectivity index (χ3v) is 2.27. The number of imide groups is 1. The van der Waals surface area contributed by atoms with Crippen LogP contribution in [0.5, 0.6) is 0 Å². The van der Waals surface area contributed by atoms with Crippen molar-refractivity contribution >= 4 is 17.8 Å². The topological polar surface area (TPSA) is 63.7 Å². The molecule has 1 heterocycles. The molecule has 1 fully saturated rings. The van der Waals surface area contributed by atoms with Crippen molar-refractivity contribution in [3.63, 3.8) is 0 Å². The quantitative estimate of drug-likeness (QED) is 0.720. The van der Waals surface area contributed by atoms with Crippen molar-refractivity contribution in [1.82, 2.24) is 5.06 Å². The second-order valence-corrected chi connectivity index (χ2v) is 3.44. The summed E-state index contributed by atoms with van der Waals surface area (Å²) in [6, 6.07) is 5.17. The van der Waals surface area contributed by atoms with Gasteiger partial charge in [0.15, 0.2) is 0 Å². The zero-order valence-corrected chi connectivity index (χ0v) is 8.68. The average molecular weight is 236 g/mol. The fraction of sp³-hybridized carbons (Fsp3) is 0.182. The predicted molar refractivity (Wildman–Crippen MR) is 52.9 cm³/mol. The minimum atomic E-state index is -1.06. The van der Waals surface area contributed by atoms with Crippen LogP contribution in [-0.4, -0.2) is 22.8 Å². The van der Waals surface area contributed by atoms with Gasteiger partial charge in [-0.1, -0.05) is 12.1 Å². The van der Waals surface area contributed by atoms with Crippen LogP contribution in [0.1, 0.15) is 23.2 Å². The van der Waals surface area contributed by atoms with E-state index in [2.05, 4.69) is 4.84 Å². The predicted octanol–water partition coefficient (Wildman–Crippen LogP) is 1.05. The summed E-state index contributed by atoms with van der Waals surface area (Å²) >= 11 is 0. The summed E-state index contributed by atoms with van der Waals surface area (Å²) in [7, 11) is 0. The zero-order valence-electron chi connectivity index (χ0n) is 8.68. The average Bonchev–Trinajstić information content (AvgIpc) is 2.61. The molecule has 0 radical (unpaired) electrons. The van der Waals surface area contributed by atoms with Gasteiger partial charge in [-0.3, -0.25) is 9.59 Å². The van der Waals surface area contributed by atoms with Gasteiger partial charge in [0, 0.05) is 12.8 Å². The lowest BCUT2D eigenvalue weighted by molar-refractivity contribution is -0.172. The van der Waals surface area contributed by atoms with Crippen molar-refractivity contribution in [3.05, 3.63) is 35.6 Å². The smallest absolute Gasteiger partial charge is 0.325 e. The molecule has 5 nitrogen and oxygen atoms in total. The molecule has 6 heteroatoms. The molecule has 2 amide bonds. The van der Waals surface area contributed by atoms with E-state index in [4.69, 9.17) is 0 Å². The lowest BCUT2D eigenvalue weighted by Crippen LogP contribution is -2.32. The number of rotatable bonds is 2. The Morgan fingerprint density at radius 1 is 1.18 bits per heavy atom. The van der Waals surface area contributed by atoms with Gasteiger partial charge in [0.1, 0.15) is 5.82 Å². The molecule has 1 aromatic rings. The second kappa shape index (κ2) is 4.32. The maximum absolute atomic E-state index is 13.2. The molecule has 1 aliphatic rings. The highest BCUT2D eigenvalue weighted by atomic mass is 18.2. The van der Waals surface area contributed by atoms with E-state index in [1.807, 2.05) is 0 Å². The maximum Gasteiger partial charge on any atom is 0.366 e. The van der Waals surface area contributed by atoms with E-state index in [-0.39, 0.29) is 18.4 Å². The first kappa shape index (κ1) is 11.3. The van der Waals surface area contributed by atoms with Crippen LogP contribution in [0.3, 0.4) is 0 Å². The molecule has 0 aromatic heterocycles. The first-order valence-electron chi connectivity index (χ1n) is 4.92. The van der Waals surface area contributed by atoms with Crippen molar-refractivity contribution in [2.45, 2.75) is 12.8 Å². The fourth-order valence-electron chi connectivity index (χ4n) is 1.42. The van der Waals surface area contributed by atoms with Crippen molar-refractivity contribution < 1.29 is 23.6 Å². The minimum absolute atomic E-state index is 0.00336. The van der Waals surface area contributed by atoms with E-state index in [0.717, 1.165) is 6.07 Å². The molecule has 0 unspecified atom stereocenters. The van der Waals surface area contributed by atoms with Crippen molar-refractivity contribution in [1.29, 1.82) is 0 Å². The highest BCUT2D eigenvalue weighted by molar-refractivity contribution is 6.02. The Labute approximate surface area is 95.7 Å². The van der Waals surface area contributed by atoms with E-state index in [1.54, 1.807) is 0 Å². The van der Waals surface area contributed by atoms with Crippen LogP contribution in [0, 0.1) is 5.82 Å². The molecule has 1 aliphatic heterocycles. The molecule has 0 atom stereocenters. The normalized spacial score (nSPS) is 15.2. The molecule has 88 valence electrons. The zero-order chi connectivity index (χ0) is 12.4. The van der Waals surface area contributed by atoms with Gasteiger partial charge in [0.05, 0.1) is 5.56 Å². The van der Waals surface area contributed by atoms with E-state index in [0.29, 0.717) is 5.06 Å². The minimum Gasteiger partial charge on any atom is -0.325 e. The first-order chi connectivity index (χ1) is 8.09. The largest absolute Gasteiger partial charge is 0.366 e. The van der Waals surface area contributed by atoms with Gasteiger partial charge in [-0.2, -0.15) is 0 Å². The van der Waals surface area contributed by atoms with Crippen molar-refractivity contribution in [2.75, 3.05) is 0 Å². The number of amides is 2. The van der Waals surface area contributed by atoms with Crippen LogP contribution >= 0.6 is 0 Å². The molecule has 0 spiro atoms. The van der Waals surface area contributed by atoms with Crippen LogP contribution < -0.4 is 0 Å². The summed E-state index contributed by atoms with van der Waals surface area (Å²) in [4.78, 5) is 38.4. The Bertz CT molecular complexity index is 484. The fourth-order valence-corrected chi connectivity index (χ4v) is 1.42. The molecule has 2 rings (SSSR count). The monoisotopic (exact) mass is 236 g/mol. The first-order valence-corrected chi connectivity index (χ1v) is 4.92. The Morgan fingerprint density at radius 2 is 1.76 bits per heavy atom. The van der Waals surface area contributed by atoms with Crippen LogP contribution in [-0.2, 0) is 14.4 Å². The number of carbonyl (C=O) groups is 3. The number of carbonyl (C=O) groups excluding carboxylic acids is 3. The van der Waals surface area contributed by atoms with Gasteiger partial charge in [-0.15, -0.1) is 5.06 Å². The summed E-state index contributed by atoms with van der Waals surface area (Å²) in [5.41, 5.74) is -0.319. The number of nitrogens with zero attached hydrogens (tertiary/aromatic N) is 1. The molecule has 1 aromatic carbocycles. The van der Waals surface area contributed by atoms with Gasteiger partial charge in [-0.05, 0) is 12.1 Å². The molecule has 0 N–H and O–H groups in total. The molecule has 0 bridgehead atoms. The summed E-state index contributed by atoms with van der Waals surface area (Å²) in [5, 5.41) is 0.384. The van der Waals surface area contributed by atoms with E-state index in [9.17, 15) is 18.8 Å². The molecule has 0 aliphatic carbocycles. The van der Waals surface area contributed by atoms with Crippen molar-refractivity contribution in [2.24, 2.45) is 0 Å². The number of hydroxylamine groups is 2. The Hall–Kier alpha value is -2.24. The van der Waals surface area contributed by atoms with Gasteiger partial charge in [-0.25, -0.2) is 9.18 Å². The number of benzene rings is 1. The van der Waals surface area contributed by atoms with E-state index in [1.165, 1.54) is 18.2 Å². The van der Waals surface area contributed by atoms with Crippen LogP contribution in [0.2, 0.25) is 0 Å². The standard InChI is InChI=1S/C11H8FNO4/c12-8-4-2-1-3-7(8)11(16)17-13-9(14)5-6-10(13)15/h1-4H,5-6H2/i12-1. The molecular formula is C11H8FNO4. The summed E-state index contributed by atoms with van der Waals surface area (Å²) in [6.07, 6.45) is 0.00672. The summed E-state index contributed by atoms with van der Waals surface area (Å²) in [6.45, 7) is 0. The molecular weight excluding hydrogens is 228 g/mol. The Balaban J connectivity index is 2.15. The van der Waals surface area contributed by atoms with Crippen LogP contribution in [0.15, 0.2) is 24.3 Å². The highest BCUT2D eigenvalue weighted by Gasteiger charge is 2.33. The van der Waals surface area contributed by atoms with Gasteiger partial charge in [0.25, 0.3) is 11.8 Å². The van der Waals surface area contributed by atoms with Crippen LogP contribution in [0.4, 0.5) is 4.39 Å². The lowest BCUT2D eigenvalue weighted by atomic mass is 10.2. The second-order valence-electron chi connectivity index (χ2n) is 3.44. The Kier molecular flexibility index (Phi) is 2.86. The van der Waals surface area contributed by atoms with E-state index >= 15 is 0 Å². The van der Waals surface area contributed by atoms with E-state index < -0.39 is 23.6 Å². The highest BCUT2D eigenvalue weighted by Crippen LogP contribution is 2.15. The number of hydrogen-bond donors (Lipinski definition) is 0. The van der Waals surface area contributed by atoms with Crippen molar-refractivity contribution in [3.8, 4) is 0 Å². The van der Waals surface area contributed by atoms with Crippen LogP contribution in [0.25, 0.3) is 0 Å². The maximum atomic E-state index is 13.2. The number of hydrogen-bond acceptors (Lipinski definition) is 4. The third-order valence-electron chi connectivity index (χ3n) is 2.27.